The molecule has 1 amide bonds. The summed E-state index contributed by atoms with van der Waals surface area (Å²) in [5, 5.41) is 0. The number of carbonyl (C=O) groups is 1. The molecule has 1 unspecified atom stereocenters. The SMILES string of the molecule is CC1C(=O)N(C(C)(C)C)c2ncccc21. The summed E-state index contributed by atoms with van der Waals surface area (Å²) >= 11 is 0. The normalized spacial score (nSPS) is 20.7. The molecule has 1 aromatic heterocycles. The highest BCUT2D eigenvalue weighted by atomic mass is 16.2. The Hall–Kier alpha value is -1.38. The number of hydrogen-bond acceptors (Lipinski definition) is 2. The lowest BCUT2D eigenvalue weighted by Gasteiger charge is -2.31. The van der Waals surface area contributed by atoms with Crippen LogP contribution >= 0.6 is 0 Å². The third-order valence-corrected chi connectivity index (χ3v) is 2.76. The molecule has 3 nitrogen and oxygen atoms in total. The number of carbonyl (C=O) groups excluding carboxylic acids is 1. The van der Waals surface area contributed by atoms with Gasteiger partial charge >= 0.3 is 0 Å². The predicted octanol–water partition coefficient (Wildman–Crippen LogP) is 2.33. The number of fused-ring (bicyclic) bond motifs is 1. The molecule has 0 saturated carbocycles. The second-order valence-corrected chi connectivity index (χ2v) is 4.98. The Bertz CT molecular complexity index is 406. The van der Waals surface area contributed by atoms with Crippen LogP contribution < -0.4 is 4.90 Å². The maximum absolute atomic E-state index is 12.1. The van der Waals surface area contributed by atoms with Crippen LogP contribution in [0.15, 0.2) is 18.3 Å². The van der Waals surface area contributed by atoms with E-state index in [0.717, 1.165) is 11.4 Å². The Morgan fingerprint density at radius 2 is 2.07 bits per heavy atom. The highest BCUT2D eigenvalue weighted by Crippen LogP contribution is 2.38. The molecule has 2 heterocycles. The Morgan fingerprint density at radius 1 is 1.40 bits per heavy atom. The molecule has 1 aliphatic rings. The smallest absolute Gasteiger partial charge is 0.236 e. The Kier molecular flexibility index (Phi) is 2.07. The van der Waals surface area contributed by atoms with E-state index in [0.29, 0.717) is 0 Å². The molecule has 0 N–H and O–H groups in total. The van der Waals surface area contributed by atoms with E-state index in [9.17, 15) is 4.79 Å². The molecule has 0 bridgehead atoms. The molecule has 80 valence electrons. The van der Waals surface area contributed by atoms with Crippen molar-refractivity contribution in [2.45, 2.75) is 39.2 Å². The van der Waals surface area contributed by atoms with E-state index in [2.05, 4.69) is 4.98 Å². The van der Waals surface area contributed by atoms with Crippen molar-refractivity contribution in [1.82, 2.24) is 4.98 Å². The van der Waals surface area contributed by atoms with Gasteiger partial charge in [-0.2, -0.15) is 0 Å². The molecule has 2 rings (SSSR count). The maximum Gasteiger partial charge on any atom is 0.236 e. The fourth-order valence-electron chi connectivity index (χ4n) is 2.01. The Morgan fingerprint density at radius 3 is 2.67 bits per heavy atom. The van der Waals surface area contributed by atoms with Crippen molar-refractivity contribution in [3.63, 3.8) is 0 Å². The molecule has 0 radical (unpaired) electrons. The molecule has 3 heteroatoms. The zero-order valence-corrected chi connectivity index (χ0v) is 9.61. The summed E-state index contributed by atoms with van der Waals surface area (Å²) in [6.07, 6.45) is 1.74. The predicted molar refractivity (Wildman–Crippen MR) is 59.9 cm³/mol. The Balaban J connectivity index is 2.57. The van der Waals surface area contributed by atoms with Gasteiger partial charge in [-0.15, -0.1) is 0 Å². The van der Waals surface area contributed by atoms with E-state index >= 15 is 0 Å². The van der Waals surface area contributed by atoms with Gasteiger partial charge in [0.2, 0.25) is 5.91 Å². The van der Waals surface area contributed by atoms with Gasteiger partial charge in [0.05, 0.1) is 5.92 Å². The monoisotopic (exact) mass is 204 g/mol. The second kappa shape index (κ2) is 3.05. The van der Waals surface area contributed by atoms with E-state index in [1.54, 1.807) is 11.1 Å². The first-order valence-corrected chi connectivity index (χ1v) is 5.22. The third-order valence-electron chi connectivity index (χ3n) is 2.76. The van der Waals surface area contributed by atoms with Crippen LogP contribution in [0.3, 0.4) is 0 Å². The third kappa shape index (κ3) is 1.42. The van der Waals surface area contributed by atoms with Gasteiger partial charge in [0.1, 0.15) is 5.82 Å². The van der Waals surface area contributed by atoms with E-state index in [-0.39, 0.29) is 17.4 Å². The highest BCUT2D eigenvalue weighted by Gasteiger charge is 2.40. The lowest BCUT2D eigenvalue weighted by Crippen LogP contribution is -2.44. The van der Waals surface area contributed by atoms with Crippen LogP contribution in [0.4, 0.5) is 5.82 Å². The minimum atomic E-state index is -0.203. The lowest BCUT2D eigenvalue weighted by atomic mass is 10.1. The van der Waals surface area contributed by atoms with Gasteiger partial charge in [0, 0.05) is 17.3 Å². The van der Waals surface area contributed by atoms with Crippen LogP contribution in [0.25, 0.3) is 0 Å². The Labute approximate surface area is 90.1 Å². The average Bonchev–Trinajstić information content (AvgIpc) is 2.39. The summed E-state index contributed by atoms with van der Waals surface area (Å²) in [7, 11) is 0. The number of pyridine rings is 1. The first-order chi connectivity index (χ1) is 6.93. The van der Waals surface area contributed by atoms with Crippen molar-refractivity contribution in [2.24, 2.45) is 0 Å². The van der Waals surface area contributed by atoms with Crippen molar-refractivity contribution < 1.29 is 4.79 Å². The molecule has 15 heavy (non-hydrogen) atoms. The fraction of sp³-hybridized carbons (Fsp3) is 0.500. The summed E-state index contributed by atoms with van der Waals surface area (Å²) in [5.74, 6) is 0.909. The standard InChI is InChI=1S/C12H16N2O/c1-8-9-6-5-7-13-10(9)14(11(8)15)12(2,3)4/h5-8H,1-4H3. The van der Waals surface area contributed by atoms with Crippen LogP contribution in [0.2, 0.25) is 0 Å². The molecule has 0 aliphatic carbocycles. The maximum atomic E-state index is 12.1. The summed E-state index contributed by atoms with van der Waals surface area (Å²) in [5.41, 5.74) is 0.836. The molecular weight excluding hydrogens is 188 g/mol. The van der Waals surface area contributed by atoms with E-state index in [4.69, 9.17) is 0 Å². The van der Waals surface area contributed by atoms with E-state index in [1.807, 2.05) is 39.8 Å². The summed E-state index contributed by atoms with van der Waals surface area (Å²) in [6, 6.07) is 3.87. The van der Waals surface area contributed by atoms with E-state index in [1.165, 1.54) is 0 Å². The minimum absolute atomic E-state index is 0.0621. The van der Waals surface area contributed by atoms with Crippen molar-refractivity contribution in [3.05, 3.63) is 23.9 Å². The number of hydrogen-bond donors (Lipinski definition) is 0. The first-order valence-electron chi connectivity index (χ1n) is 5.22. The zero-order valence-electron chi connectivity index (χ0n) is 9.61. The van der Waals surface area contributed by atoms with Crippen molar-refractivity contribution in [2.75, 3.05) is 4.90 Å². The molecule has 0 fully saturated rings. The van der Waals surface area contributed by atoms with Crippen molar-refractivity contribution in [3.8, 4) is 0 Å². The molecule has 0 saturated heterocycles. The highest BCUT2D eigenvalue weighted by molar-refractivity contribution is 6.04. The number of amides is 1. The molecule has 1 atom stereocenters. The molecule has 0 aromatic carbocycles. The van der Waals surface area contributed by atoms with Gasteiger partial charge in [0.15, 0.2) is 0 Å². The second-order valence-electron chi connectivity index (χ2n) is 4.98. The summed E-state index contributed by atoms with van der Waals surface area (Å²) in [4.78, 5) is 18.2. The van der Waals surface area contributed by atoms with Gasteiger partial charge in [-0.05, 0) is 33.8 Å². The van der Waals surface area contributed by atoms with Crippen LogP contribution in [0, 0.1) is 0 Å². The number of aromatic nitrogens is 1. The number of rotatable bonds is 0. The van der Waals surface area contributed by atoms with Gasteiger partial charge in [-0.25, -0.2) is 4.98 Å². The summed E-state index contributed by atoms with van der Waals surface area (Å²) in [6.45, 7) is 8.03. The molecule has 1 aliphatic heterocycles. The van der Waals surface area contributed by atoms with Crippen LogP contribution in [0.5, 0.6) is 0 Å². The zero-order chi connectivity index (χ0) is 11.2. The lowest BCUT2D eigenvalue weighted by molar-refractivity contribution is -0.119. The van der Waals surface area contributed by atoms with Crippen LogP contribution in [0.1, 0.15) is 39.2 Å². The minimum Gasteiger partial charge on any atom is -0.291 e. The molecule has 0 spiro atoms. The average molecular weight is 204 g/mol. The number of anilines is 1. The molecule has 1 aromatic rings. The fourth-order valence-corrected chi connectivity index (χ4v) is 2.01. The van der Waals surface area contributed by atoms with E-state index < -0.39 is 0 Å². The van der Waals surface area contributed by atoms with Crippen molar-refractivity contribution in [1.29, 1.82) is 0 Å². The van der Waals surface area contributed by atoms with Gasteiger partial charge < -0.3 is 0 Å². The van der Waals surface area contributed by atoms with Gasteiger partial charge in [0.25, 0.3) is 0 Å². The molecular formula is C12H16N2O. The van der Waals surface area contributed by atoms with Crippen LogP contribution in [-0.4, -0.2) is 16.4 Å². The number of nitrogens with zero attached hydrogens (tertiary/aromatic N) is 2. The first kappa shape index (κ1) is 10.1. The summed E-state index contributed by atoms with van der Waals surface area (Å²) < 4.78 is 0. The van der Waals surface area contributed by atoms with Crippen molar-refractivity contribution >= 4 is 11.7 Å². The topological polar surface area (TPSA) is 33.2 Å². The van der Waals surface area contributed by atoms with Crippen LogP contribution in [-0.2, 0) is 4.79 Å². The largest absolute Gasteiger partial charge is 0.291 e. The van der Waals surface area contributed by atoms with Gasteiger partial charge in [-0.1, -0.05) is 6.07 Å². The van der Waals surface area contributed by atoms with Gasteiger partial charge in [-0.3, -0.25) is 9.69 Å². The quantitative estimate of drug-likeness (QED) is 0.649.